The predicted octanol–water partition coefficient (Wildman–Crippen LogP) is 0.393. The number of aliphatic hydroxyl groups is 1. The third-order valence-electron chi connectivity index (χ3n) is 2.87. The molecule has 1 aliphatic rings. The van der Waals surface area contributed by atoms with E-state index in [-0.39, 0.29) is 6.10 Å². The number of hydrogen-bond donors (Lipinski definition) is 2. The van der Waals surface area contributed by atoms with Gasteiger partial charge in [-0.05, 0) is 26.6 Å². The van der Waals surface area contributed by atoms with Crippen LogP contribution in [0.3, 0.4) is 0 Å². The minimum Gasteiger partial charge on any atom is -0.392 e. The highest BCUT2D eigenvalue weighted by Crippen LogP contribution is 2.10. The Labute approximate surface area is 91.2 Å². The maximum atomic E-state index is 9.37. The van der Waals surface area contributed by atoms with Crippen LogP contribution in [0.4, 0.5) is 0 Å². The quantitative estimate of drug-likeness (QED) is 0.700. The van der Waals surface area contributed by atoms with Crippen LogP contribution in [-0.2, 0) is 0 Å². The van der Waals surface area contributed by atoms with Crippen LogP contribution in [0.2, 0.25) is 0 Å². The van der Waals surface area contributed by atoms with E-state index in [1.165, 1.54) is 5.75 Å². The number of thioether (sulfide) groups is 1. The molecule has 3 atom stereocenters. The molecule has 3 nitrogen and oxygen atoms in total. The molecule has 0 saturated carbocycles. The van der Waals surface area contributed by atoms with Gasteiger partial charge in [0, 0.05) is 30.9 Å². The smallest absolute Gasteiger partial charge is 0.0680 e. The van der Waals surface area contributed by atoms with E-state index in [2.05, 4.69) is 30.4 Å². The van der Waals surface area contributed by atoms with Gasteiger partial charge in [0.1, 0.15) is 0 Å². The molecule has 0 aliphatic carbocycles. The van der Waals surface area contributed by atoms with Crippen LogP contribution in [0.5, 0.6) is 0 Å². The van der Waals surface area contributed by atoms with Crippen LogP contribution in [0.1, 0.15) is 13.3 Å². The molecule has 0 aromatic heterocycles. The number of rotatable bonds is 5. The largest absolute Gasteiger partial charge is 0.392 e. The molecule has 4 heteroatoms. The Hall–Kier alpha value is 0.230. The molecular formula is C10H22N2OS. The normalized spacial score (nSPS) is 29.8. The lowest BCUT2D eigenvalue weighted by Crippen LogP contribution is -2.40. The first-order valence-corrected chi connectivity index (χ1v) is 6.63. The van der Waals surface area contributed by atoms with Crippen molar-refractivity contribution < 1.29 is 5.11 Å². The van der Waals surface area contributed by atoms with Gasteiger partial charge in [0.25, 0.3) is 0 Å². The molecule has 0 bridgehead atoms. The van der Waals surface area contributed by atoms with E-state index in [4.69, 9.17) is 0 Å². The van der Waals surface area contributed by atoms with Crippen molar-refractivity contribution in [3.05, 3.63) is 0 Å². The average molecular weight is 218 g/mol. The van der Waals surface area contributed by atoms with Gasteiger partial charge in [-0.25, -0.2) is 0 Å². The maximum Gasteiger partial charge on any atom is 0.0680 e. The van der Waals surface area contributed by atoms with E-state index >= 15 is 0 Å². The number of nitrogens with zero attached hydrogens (tertiary/aromatic N) is 1. The van der Waals surface area contributed by atoms with E-state index in [1.807, 2.05) is 11.8 Å². The van der Waals surface area contributed by atoms with Crippen LogP contribution in [-0.4, -0.2) is 60.3 Å². The molecule has 84 valence electrons. The van der Waals surface area contributed by atoms with Gasteiger partial charge >= 0.3 is 0 Å². The van der Waals surface area contributed by atoms with Gasteiger partial charge in [0.05, 0.1) is 6.10 Å². The lowest BCUT2D eigenvalue weighted by Gasteiger charge is -2.26. The summed E-state index contributed by atoms with van der Waals surface area (Å²) in [5, 5.41) is 12.7. The van der Waals surface area contributed by atoms with Gasteiger partial charge in [-0.2, -0.15) is 11.8 Å². The second-order valence-electron chi connectivity index (χ2n) is 4.24. The van der Waals surface area contributed by atoms with Crippen molar-refractivity contribution in [2.45, 2.75) is 31.5 Å². The minimum absolute atomic E-state index is 0.135. The van der Waals surface area contributed by atoms with E-state index in [0.717, 1.165) is 19.5 Å². The van der Waals surface area contributed by atoms with Crippen molar-refractivity contribution in [3.63, 3.8) is 0 Å². The molecule has 1 saturated heterocycles. The Morgan fingerprint density at radius 3 is 2.86 bits per heavy atom. The third kappa shape index (κ3) is 3.77. The summed E-state index contributed by atoms with van der Waals surface area (Å²) in [6.45, 7) is 4.05. The van der Waals surface area contributed by atoms with Crippen LogP contribution >= 0.6 is 11.8 Å². The van der Waals surface area contributed by atoms with E-state index in [0.29, 0.717) is 12.1 Å². The number of β-amino-alcohol motifs (C(OH)–C–C–N with tert-alkyl or cyclic N) is 1. The second-order valence-corrected chi connectivity index (χ2v) is 5.15. The zero-order chi connectivity index (χ0) is 10.6. The monoisotopic (exact) mass is 218 g/mol. The van der Waals surface area contributed by atoms with E-state index < -0.39 is 0 Å². The van der Waals surface area contributed by atoms with Gasteiger partial charge in [0.15, 0.2) is 0 Å². The molecule has 1 heterocycles. The molecule has 0 amide bonds. The first-order valence-electron chi connectivity index (χ1n) is 5.24. The predicted molar refractivity (Wildman–Crippen MR) is 62.9 cm³/mol. The molecule has 1 rings (SSSR count). The summed E-state index contributed by atoms with van der Waals surface area (Å²) >= 11 is 1.89. The molecule has 0 aromatic carbocycles. The van der Waals surface area contributed by atoms with Gasteiger partial charge in [-0.3, -0.25) is 0 Å². The lowest BCUT2D eigenvalue weighted by molar-refractivity contribution is 0.187. The van der Waals surface area contributed by atoms with Crippen LogP contribution in [0, 0.1) is 0 Å². The highest BCUT2D eigenvalue weighted by atomic mass is 32.2. The number of aliphatic hydroxyl groups excluding tert-OH is 1. The molecule has 0 radical (unpaired) electrons. The topological polar surface area (TPSA) is 35.5 Å². The third-order valence-corrected chi connectivity index (χ3v) is 3.68. The molecule has 3 unspecified atom stereocenters. The van der Waals surface area contributed by atoms with Gasteiger partial charge < -0.3 is 15.3 Å². The first kappa shape index (κ1) is 12.3. The SMILES string of the molecule is CSCC(C)N(C)CC1CC(O)CN1. The van der Waals surface area contributed by atoms with Crippen LogP contribution < -0.4 is 5.32 Å². The molecule has 1 fully saturated rings. The zero-order valence-electron chi connectivity index (χ0n) is 9.36. The van der Waals surface area contributed by atoms with Crippen molar-refractivity contribution in [1.29, 1.82) is 0 Å². The fourth-order valence-electron chi connectivity index (χ4n) is 1.83. The minimum atomic E-state index is -0.135. The molecular weight excluding hydrogens is 196 g/mol. The van der Waals surface area contributed by atoms with Crippen LogP contribution in [0.15, 0.2) is 0 Å². The second kappa shape index (κ2) is 5.95. The Kier molecular flexibility index (Phi) is 5.23. The van der Waals surface area contributed by atoms with E-state index in [9.17, 15) is 5.11 Å². The molecule has 0 aromatic rings. The van der Waals surface area contributed by atoms with Crippen molar-refractivity contribution in [3.8, 4) is 0 Å². The summed E-state index contributed by atoms with van der Waals surface area (Å²) in [6.07, 6.45) is 2.90. The summed E-state index contributed by atoms with van der Waals surface area (Å²) in [4.78, 5) is 2.37. The Bertz CT molecular complexity index is 168. The zero-order valence-corrected chi connectivity index (χ0v) is 10.2. The fraction of sp³-hybridized carbons (Fsp3) is 1.00. The summed E-state index contributed by atoms with van der Waals surface area (Å²) in [6, 6.07) is 1.09. The summed E-state index contributed by atoms with van der Waals surface area (Å²) in [5.41, 5.74) is 0. The fourth-order valence-corrected chi connectivity index (χ4v) is 2.57. The van der Waals surface area contributed by atoms with Gasteiger partial charge in [-0.15, -0.1) is 0 Å². The first-order chi connectivity index (χ1) is 6.63. The Morgan fingerprint density at radius 2 is 2.36 bits per heavy atom. The molecule has 1 aliphatic heterocycles. The highest BCUT2D eigenvalue weighted by Gasteiger charge is 2.23. The van der Waals surface area contributed by atoms with Crippen molar-refractivity contribution in [1.82, 2.24) is 10.2 Å². The lowest BCUT2D eigenvalue weighted by atomic mass is 10.2. The van der Waals surface area contributed by atoms with Crippen molar-refractivity contribution in [2.75, 3.05) is 32.1 Å². The van der Waals surface area contributed by atoms with E-state index in [1.54, 1.807) is 0 Å². The molecule has 2 N–H and O–H groups in total. The van der Waals surface area contributed by atoms with Gasteiger partial charge in [-0.1, -0.05) is 0 Å². The Morgan fingerprint density at radius 1 is 1.64 bits per heavy atom. The van der Waals surface area contributed by atoms with Gasteiger partial charge in [0.2, 0.25) is 0 Å². The summed E-state index contributed by atoms with van der Waals surface area (Å²) < 4.78 is 0. The number of likely N-dealkylation sites (N-methyl/N-ethyl adjacent to an activating group) is 1. The Balaban J connectivity index is 2.22. The summed E-state index contributed by atoms with van der Waals surface area (Å²) in [7, 11) is 2.16. The maximum absolute atomic E-state index is 9.37. The molecule has 0 spiro atoms. The number of nitrogens with one attached hydrogen (secondary N) is 1. The van der Waals surface area contributed by atoms with Crippen LogP contribution in [0.25, 0.3) is 0 Å². The molecule has 14 heavy (non-hydrogen) atoms. The number of hydrogen-bond acceptors (Lipinski definition) is 4. The van der Waals surface area contributed by atoms with Crippen molar-refractivity contribution in [2.24, 2.45) is 0 Å². The van der Waals surface area contributed by atoms with Crippen molar-refractivity contribution >= 4 is 11.8 Å². The average Bonchev–Trinajstić information content (AvgIpc) is 2.51. The standard InChI is InChI=1S/C10H22N2OS/c1-8(7-14-3)12(2)6-9-4-10(13)5-11-9/h8-11,13H,4-7H2,1-3H3. The highest BCUT2D eigenvalue weighted by molar-refractivity contribution is 7.98. The summed E-state index contributed by atoms with van der Waals surface area (Å²) in [5.74, 6) is 1.17.